The molecule has 0 bridgehead atoms. The molecule has 2 aromatic carbocycles. The lowest BCUT2D eigenvalue weighted by molar-refractivity contribution is 0.419. The van der Waals surface area contributed by atoms with E-state index in [1.807, 2.05) is 22.8 Å². The lowest BCUT2D eigenvalue weighted by Gasteiger charge is -2.17. The number of para-hydroxylation sites is 1. The number of rotatable bonds is 3. The number of nitrogens with zero attached hydrogens (tertiary/aromatic N) is 2. The molecular formula is C17H19N3O. The maximum absolute atomic E-state index is 6.14. The molecule has 1 heterocycles. The zero-order valence-electron chi connectivity index (χ0n) is 12.5. The molecule has 0 aliphatic rings. The van der Waals surface area contributed by atoms with E-state index in [2.05, 4.69) is 43.1 Å². The molecule has 0 aliphatic carbocycles. The Kier molecular flexibility index (Phi) is 3.29. The number of methoxy groups -OCH3 is 1. The summed E-state index contributed by atoms with van der Waals surface area (Å²) in [6.07, 6.45) is 0. The van der Waals surface area contributed by atoms with E-state index < -0.39 is 0 Å². The second kappa shape index (κ2) is 5.13. The van der Waals surface area contributed by atoms with E-state index in [0.717, 1.165) is 16.8 Å². The van der Waals surface area contributed by atoms with Gasteiger partial charge in [-0.05, 0) is 31.5 Å². The van der Waals surface area contributed by atoms with Gasteiger partial charge in [-0.15, -0.1) is 0 Å². The Morgan fingerprint density at radius 2 is 1.86 bits per heavy atom. The second-order valence-corrected chi connectivity index (χ2v) is 5.25. The molecule has 0 amide bonds. The Bertz CT molecular complexity index is 775. The van der Waals surface area contributed by atoms with Gasteiger partial charge >= 0.3 is 0 Å². The predicted molar refractivity (Wildman–Crippen MR) is 85.7 cm³/mol. The van der Waals surface area contributed by atoms with Gasteiger partial charge in [0.05, 0.1) is 18.7 Å². The molecular weight excluding hydrogens is 262 g/mol. The number of hydrogen-bond acceptors (Lipinski definition) is 3. The standard InChI is InChI=1S/C17H19N3O/c1-11-7-9-13(10-8-11)12(2)20-14-5-4-6-15(21-3)16(14)19-17(20)18/h4-10,12H,1-3H3,(H2,18,19). The van der Waals surface area contributed by atoms with Crippen LogP contribution in [-0.4, -0.2) is 16.7 Å². The number of aromatic nitrogens is 2. The van der Waals surface area contributed by atoms with Crippen molar-refractivity contribution in [3.63, 3.8) is 0 Å². The number of nitrogen functional groups attached to an aromatic ring is 1. The molecule has 0 aliphatic heterocycles. The van der Waals surface area contributed by atoms with Gasteiger partial charge in [-0.1, -0.05) is 35.9 Å². The summed E-state index contributed by atoms with van der Waals surface area (Å²) in [5.41, 5.74) is 10.4. The Morgan fingerprint density at radius 3 is 2.52 bits per heavy atom. The predicted octanol–water partition coefficient (Wildman–Crippen LogP) is 3.54. The Balaban J connectivity index is 2.15. The first-order valence-electron chi connectivity index (χ1n) is 6.99. The van der Waals surface area contributed by atoms with E-state index >= 15 is 0 Å². The fraction of sp³-hybridized carbons (Fsp3) is 0.235. The van der Waals surface area contributed by atoms with Gasteiger partial charge in [-0.3, -0.25) is 0 Å². The summed E-state index contributed by atoms with van der Waals surface area (Å²) in [4.78, 5) is 4.46. The summed E-state index contributed by atoms with van der Waals surface area (Å²) in [5, 5.41) is 0. The summed E-state index contributed by atoms with van der Waals surface area (Å²) in [6, 6.07) is 14.5. The molecule has 3 aromatic rings. The summed E-state index contributed by atoms with van der Waals surface area (Å²) in [5.74, 6) is 1.25. The topological polar surface area (TPSA) is 53.1 Å². The van der Waals surface area contributed by atoms with E-state index in [-0.39, 0.29) is 6.04 Å². The Labute approximate surface area is 124 Å². The number of imidazole rings is 1. The first-order valence-corrected chi connectivity index (χ1v) is 6.99. The molecule has 0 saturated carbocycles. The van der Waals surface area contributed by atoms with Crippen LogP contribution in [0.3, 0.4) is 0 Å². The number of fused-ring (bicyclic) bond motifs is 1. The normalized spacial score (nSPS) is 12.5. The molecule has 3 rings (SSSR count). The zero-order chi connectivity index (χ0) is 15.0. The Morgan fingerprint density at radius 1 is 1.14 bits per heavy atom. The van der Waals surface area contributed by atoms with Gasteiger partial charge in [0, 0.05) is 0 Å². The molecule has 21 heavy (non-hydrogen) atoms. The van der Waals surface area contributed by atoms with E-state index in [1.165, 1.54) is 11.1 Å². The third kappa shape index (κ3) is 2.23. The molecule has 1 aromatic heterocycles. The molecule has 0 saturated heterocycles. The number of benzene rings is 2. The Hall–Kier alpha value is -2.49. The van der Waals surface area contributed by atoms with E-state index in [1.54, 1.807) is 7.11 Å². The fourth-order valence-electron chi connectivity index (χ4n) is 2.68. The molecule has 1 unspecified atom stereocenters. The maximum Gasteiger partial charge on any atom is 0.201 e. The minimum absolute atomic E-state index is 0.114. The first-order chi connectivity index (χ1) is 10.1. The quantitative estimate of drug-likeness (QED) is 0.798. The van der Waals surface area contributed by atoms with Crippen LogP contribution in [0.25, 0.3) is 11.0 Å². The van der Waals surface area contributed by atoms with E-state index in [0.29, 0.717) is 5.95 Å². The van der Waals surface area contributed by atoms with Crippen molar-refractivity contribution in [3.05, 3.63) is 53.6 Å². The van der Waals surface area contributed by atoms with Crippen molar-refractivity contribution in [1.82, 2.24) is 9.55 Å². The first kappa shape index (κ1) is 13.5. The lowest BCUT2D eigenvalue weighted by Crippen LogP contribution is -2.10. The number of aryl methyl sites for hydroxylation is 1. The SMILES string of the molecule is COc1cccc2c1nc(N)n2C(C)c1ccc(C)cc1. The molecule has 2 N–H and O–H groups in total. The van der Waals surface area contributed by atoms with E-state index in [4.69, 9.17) is 10.5 Å². The molecule has 0 fully saturated rings. The number of ether oxygens (including phenoxy) is 1. The van der Waals surface area contributed by atoms with Crippen molar-refractivity contribution >= 4 is 17.0 Å². The van der Waals surface area contributed by atoms with Gasteiger partial charge in [0.2, 0.25) is 5.95 Å². The van der Waals surface area contributed by atoms with Crippen molar-refractivity contribution in [1.29, 1.82) is 0 Å². The third-order valence-electron chi connectivity index (χ3n) is 3.88. The molecule has 4 heteroatoms. The van der Waals surface area contributed by atoms with Gasteiger partial charge in [0.25, 0.3) is 0 Å². The average Bonchev–Trinajstić information content (AvgIpc) is 2.83. The van der Waals surface area contributed by atoms with Crippen LogP contribution in [0.5, 0.6) is 5.75 Å². The summed E-state index contributed by atoms with van der Waals surface area (Å²) in [6.45, 7) is 4.21. The summed E-state index contributed by atoms with van der Waals surface area (Å²) in [7, 11) is 1.65. The summed E-state index contributed by atoms with van der Waals surface area (Å²) < 4.78 is 7.41. The molecule has 4 nitrogen and oxygen atoms in total. The van der Waals surface area contributed by atoms with Gasteiger partial charge in [0.15, 0.2) is 0 Å². The van der Waals surface area contributed by atoms with Gasteiger partial charge in [-0.2, -0.15) is 0 Å². The zero-order valence-corrected chi connectivity index (χ0v) is 12.5. The fourth-order valence-corrected chi connectivity index (χ4v) is 2.68. The molecule has 1 atom stereocenters. The molecule has 0 radical (unpaired) electrons. The monoisotopic (exact) mass is 281 g/mol. The van der Waals surface area contributed by atoms with Gasteiger partial charge in [-0.25, -0.2) is 4.98 Å². The average molecular weight is 281 g/mol. The van der Waals surface area contributed by atoms with Crippen molar-refractivity contribution in [2.24, 2.45) is 0 Å². The highest BCUT2D eigenvalue weighted by Crippen LogP contribution is 2.31. The van der Waals surface area contributed by atoms with Crippen LogP contribution in [0, 0.1) is 6.92 Å². The van der Waals surface area contributed by atoms with Crippen LogP contribution in [0.4, 0.5) is 5.95 Å². The van der Waals surface area contributed by atoms with Gasteiger partial charge in [0.1, 0.15) is 11.3 Å². The number of nitrogens with two attached hydrogens (primary N) is 1. The van der Waals surface area contributed by atoms with Crippen LogP contribution >= 0.6 is 0 Å². The third-order valence-corrected chi connectivity index (χ3v) is 3.88. The highest BCUT2D eigenvalue weighted by molar-refractivity contribution is 5.84. The number of anilines is 1. The lowest BCUT2D eigenvalue weighted by atomic mass is 10.1. The minimum atomic E-state index is 0.114. The molecule has 108 valence electrons. The van der Waals surface area contributed by atoms with Crippen LogP contribution in [0.15, 0.2) is 42.5 Å². The van der Waals surface area contributed by atoms with Crippen LogP contribution < -0.4 is 10.5 Å². The van der Waals surface area contributed by atoms with Crippen LogP contribution in [0.1, 0.15) is 24.1 Å². The van der Waals surface area contributed by atoms with Crippen LogP contribution in [0.2, 0.25) is 0 Å². The maximum atomic E-state index is 6.14. The highest BCUT2D eigenvalue weighted by Gasteiger charge is 2.17. The smallest absolute Gasteiger partial charge is 0.201 e. The van der Waals surface area contributed by atoms with Crippen molar-refractivity contribution in [3.8, 4) is 5.75 Å². The van der Waals surface area contributed by atoms with Crippen molar-refractivity contribution in [2.75, 3.05) is 12.8 Å². The largest absolute Gasteiger partial charge is 0.494 e. The van der Waals surface area contributed by atoms with Crippen LogP contribution in [-0.2, 0) is 0 Å². The highest BCUT2D eigenvalue weighted by atomic mass is 16.5. The van der Waals surface area contributed by atoms with Gasteiger partial charge < -0.3 is 15.0 Å². The van der Waals surface area contributed by atoms with Crippen molar-refractivity contribution < 1.29 is 4.74 Å². The second-order valence-electron chi connectivity index (χ2n) is 5.25. The summed E-state index contributed by atoms with van der Waals surface area (Å²) >= 11 is 0. The molecule has 0 spiro atoms. The minimum Gasteiger partial charge on any atom is -0.494 e. The van der Waals surface area contributed by atoms with Crippen molar-refractivity contribution in [2.45, 2.75) is 19.9 Å². The van der Waals surface area contributed by atoms with E-state index in [9.17, 15) is 0 Å². The number of hydrogen-bond donors (Lipinski definition) is 1.